The minimum Gasteiger partial charge on any atom is -0.497 e. The summed E-state index contributed by atoms with van der Waals surface area (Å²) in [6.45, 7) is 1.83. The summed E-state index contributed by atoms with van der Waals surface area (Å²) in [5, 5.41) is 12.6. The first-order chi connectivity index (χ1) is 14.5. The lowest BCUT2D eigenvalue weighted by atomic mass is 10.1. The van der Waals surface area contributed by atoms with Gasteiger partial charge in [-0.3, -0.25) is 4.79 Å². The van der Waals surface area contributed by atoms with Gasteiger partial charge in [0.1, 0.15) is 17.3 Å². The molecule has 0 bridgehead atoms. The topological polar surface area (TPSA) is 74.8 Å². The van der Waals surface area contributed by atoms with Crippen LogP contribution in [0.4, 0.5) is 4.39 Å². The molecular weight excluding hydrogens is 409 g/mol. The van der Waals surface area contributed by atoms with E-state index in [1.54, 1.807) is 26.3 Å². The van der Waals surface area contributed by atoms with Crippen LogP contribution >= 0.6 is 11.6 Å². The lowest BCUT2D eigenvalue weighted by molar-refractivity contribution is 0.415. The van der Waals surface area contributed by atoms with E-state index in [2.05, 4.69) is 15.4 Å². The van der Waals surface area contributed by atoms with Gasteiger partial charge >= 0.3 is 0 Å². The number of rotatable bonds is 5. The van der Waals surface area contributed by atoms with Crippen LogP contribution in [0.2, 0.25) is 5.02 Å². The Balaban J connectivity index is 1.67. The minimum absolute atomic E-state index is 0.0859. The molecule has 0 fully saturated rings. The molecule has 0 saturated carbocycles. The second-order valence-electron chi connectivity index (χ2n) is 6.60. The van der Waals surface area contributed by atoms with E-state index >= 15 is 0 Å². The Morgan fingerprint density at radius 1 is 1.10 bits per heavy atom. The number of halogens is 2. The first kappa shape index (κ1) is 19.8. The summed E-state index contributed by atoms with van der Waals surface area (Å²) < 4.78 is 22.2. The number of ether oxygens (including phenoxy) is 1. The van der Waals surface area contributed by atoms with Gasteiger partial charge in [-0.15, -0.1) is 5.10 Å². The summed E-state index contributed by atoms with van der Waals surface area (Å²) in [7, 11) is 1.59. The molecule has 0 aliphatic carbocycles. The van der Waals surface area contributed by atoms with Gasteiger partial charge in [0.15, 0.2) is 0 Å². The molecule has 9 heteroatoms. The molecule has 0 atom stereocenters. The number of aryl methyl sites for hydroxylation is 1. The summed E-state index contributed by atoms with van der Waals surface area (Å²) in [6, 6.07) is 13.1. The fourth-order valence-corrected chi connectivity index (χ4v) is 3.20. The van der Waals surface area contributed by atoms with E-state index in [4.69, 9.17) is 16.3 Å². The number of hydrogen-bond acceptors (Lipinski definition) is 5. The van der Waals surface area contributed by atoms with Crippen molar-refractivity contribution < 1.29 is 9.13 Å². The first-order valence-corrected chi connectivity index (χ1v) is 9.42. The van der Waals surface area contributed by atoms with Gasteiger partial charge in [-0.1, -0.05) is 28.9 Å². The van der Waals surface area contributed by atoms with Crippen molar-refractivity contribution in [3.8, 4) is 22.6 Å². The Morgan fingerprint density at radius 2 is 1.87 bits per heavy atom. The van der Waals surface area contributed by atoms with Crippen LogP contribution in [0.5, 0.6) is 5.75 Å². The van der Waals surface area contributed by atoms with Crippen molar-refractivity contribution in [2.45, 2.75) is 13.5 Å². The molecule has 0 spiro atoms. The van der Waals surface area contributed by atoms with E-state index in [0.717, 1.165) is 11.3 Å². The Bertz CT molecular complexity index is 1270. The third kappa shape index (κ3) is 3.81. The fourth-order valence-electron chi connectivity index (χ4n) is 3.04. The van der Waals surface area contributed by atoms with Crippen molar-refractivity contribution in [1.82, 2.24) is 24.8 Å². The van der Waals surface area contributed by atoms with Gasteiger partial charge in [-0.05, 0) is 42.8 Å². The maximum absolute atomic E-state index is 14.4. The van der Waals surface area contributed by atoms with Gasteiger partial charge in [0, 0.05) is 16.7 Å². The lowest BCUT2D eigenvalue weighted by Crippen LogP contribution is -2.24. The third-order valence-electron chi connectivity index (χ3n) is 4.69. The van der Waals surface area contributed by atoms with Gasteiger partial charge in [0.2, 0.25) is 0 Å². The van der Waals surface area contributed by atoms with Crippen molar-refractivity contribution in [3.05, 3.63) is 87.3 Å². The molecule has 0 aliphatic heterocycles. The highest BCUT2D eigenvalue weighted by molar-refractivity contribution is 6.30. The van der Waals surface area contributed by atoms with E-state index in [1.165, 1.54) is 27.6 Å². The normalized spacial score (nSPS) is 10.9. The molecule has 2 heterocycles. The Morgan fingerprint density at radius 3 is 2.53 bits per heavy atom. The summed E-state index contributed by atoms with van der Waals surface area (Å²) in [6.07, 6.45) is 1.61. The largest absolute Gasteiger partial charge is 0.497 e. The molecule has 0 unspecified atom stereocenters. The SMILES string of the molecule is COc1ccc(-c2cnn(Cc3c(C)nnn3-c3ccc(Cl)cc3F)c(=O)c2)cc1. The van der Waals surface area contributed by atoms with Crippen molar-refractivity contribution in [2.24, 2.45) is 0 Å². The number of benzene rings is 2. The highest BCUT2D eigenvalue weighted by atomic mass is 35.5. The molecule has 0 amide bonds. The van der Waals surface area contributed by atoms with E-state index in [9.17, 15) is 9.18 Å². The second kappa shape index (κ2) is 8.08. The van der Waals surface area contributed by atoms with E-state index < -0.39 is 5.82 Å². The summed E-state index contributed by atoms with van der Waals surface area (Å²) in [5.41, 5.74) is 2.54. The Kier molecular flexibility index (Phi) is 5.33. The van der Waals surface area contributed by atoms with Gasteiger partial charge in [-0.25, -0.2) is 13.8 Å². The summed E-state index contributed by atoms with van der Waals surface area (Å²) in [5.74, 6) is 0.189. The zero-order valence-electron chi connectivity index (χ0n) is 16.2. The quantitative estimate of drug-likeness (QED) is 0.488. The first-order valence-electron chi connectivity index (χ1n) is 9.04. The predicted molar refractivity (Wildman–Crippen MR) is 111 cm³/mol. The zero-order chi connectivity index (χ0) is 21.3. The lowest BCUT2D eigenvalue weighted by Gasteiger charge is -2.10. The van der Waals surface area contributed by atoms with Crippen LogP contribution in [0.25, 0.3) is 16.8 Å². The summed E-state index contributed by atoms with van der Waals surface area (Å²) in [4.78, 5) is 12.7. The third-order valence-corrected chi connectivity index (χ3v) is 4.92. The van der Waals surface area contributed by atoms with E-state index in [-0.39, 0.29) is 22.8 Å². The van der Waals surface area contributed by atoms with Gasteiger partial charge in [0.25, 0.3) is 5.56 Å². The molecule has 0 radical (unpaired) electrons. The molecule has 7 nitrogen and oxygen atoms in total. The van der Waals surface area contributed by atoms with Crippen LogP contribution in [0.1, 0.15) is 11.4 Å². The predicted octanol–water partition coefficient (Wildman–Crippen LogP) is 3.65. The minimum atomic E-state index is -0.538. The monoisotopic (exact) mass is 425 g/mol. The number of hydrogen-bond donors (Lipinski definition) is 0. The molecule has 0 saturated heterocycles. The van der Waals surface area contributed by atoms with Crippen molar-refractivity contribution in [2.75, 3.05) is 7.11 Å². The number of methoxy groups -OCH3 is 1. The van der Waals surface area contributed by atoms with E-state index in [1.807, 2.05) is 24.3 Å². The van der Waals surface area contributed by atoms with Crippen LogP contribution < -0.4 is 10.3 Å². The standard InChI is InChI=1S/C21H17ClFN5O2/c1-13-20(28(26-25-13)19-8-5-16(22)10-18(19)23)12-27-21(29)9-15(11-24-27)14-3-6-17(30-2)7-4-14/h3-11H,12H2,1-2H3. The molecule has 4 aromatic rings. The molecule has 0 aliphatic rings. The van der Waals surface area contributed by atoms with Crippen LogP contribution in [0.3, 0.4) is 0 Å². The fraction of sp³-hybridized carbons (Fsp3) is 0.143. The van der Waals surface area contributed by atoms with Crippen molar-refractivity contribution in [3.63, 3.8) is 0 Å². The highest BCUT2D eigenvalue weighted by Gasteiger charge is 2.16. The molecule has 4 rings (SSSR count). The van der Waals surface area contributed by atoms with Gasteiger partial charge in [-0.2, -0.15) is 5.10 Å². The molecule has 152 valence electrons. The molecule has 2 aromatic carbocycles. The number of nitrogens with zero attached hydrogens (tertiary/aromatic N) is 5. The maximum atomic E-state index is 14.4. The van der Waals surface area contributed by atoms with Gasteiger partial charge in [0.05, 0.1) is 31.2 Å². The smallest absolute Gasteiger partial charge is 0.267 e. The van der Waals surface area contributed by atoms with Crippen LogP contribution in [-0.2, 0) is 6.54 Å². The Labute approximate surface area is 176 Å². The van der Waals surface area contributed by atoms with Crippen LogP contribution in [0.15, 0.2) is 59.5 Å². The second-order valence-corrected chi connectivity index (χ2v) is 7.03. The molecule has 30 heavy (non-hydrogen) atoms. The molecule has 0 N–H and O–H groups in total. The Hall–Kier alpha value is -3.52. The average molecular weight is 426 g/mol. The summed E-state index contributed by atoms with van der Waals surface area (Å²) >= 11 is 5.83. The van der Waals surface area contributed by atoms with Crippen molar-refractivity contribution in [1.29, 1.82) is 0 Å². The van der Waals surface area contributed by atoms with E-state index in [0.29, 0.717) is 17.0 Å². The zero-order valence-corrected chi connectivity index (χ0v) is 17.0. The molecule has 2 aromatic heterocycles. The van der Waals surface area contributed by atoms with Crippen LogP contribution in [-0.4, -0.2) is 31.9 Å². The van der Waals surface area contributed by atoms with Crippen LogP contribution in [0, 0.1) is 12.7 Å². The van der Waals surface area contributed by atoms with Gasteiger partial charge < -0.3 is 4.74 Å². The highest BCUT2D eigenvalue weighted by Crippen LogP contribution is 2.22. The average Bonchev–Trinajstić information content (AvgIpc) is 3.09. The maximum Gasteiger partial charge on any atom is 0.267 e. The number of aromatic nitrogens is 5. The van der Waals surface area contributed by atoms with Crippen molar-refractivity contribution >= 4 is 11.6 Å². The molecular formula is C21H17ClFN5O2.